The number of hydrogen-bond donors (Lipinski definition) is 2. The number of nitrogens with one attached hydrogen (secondary N) is 1. The second-order valence-corrected chi connectivity index (χ2v) is 5.09. The highest BCUT2D eigenvalue weighted by Gasteiger charge is 2.24. The predicted molar refractivity (Wildman–Crippen MR) is 74.9 cm³/mol. The zero-order chi connectivity index (χ0) is 13.7. The smallest absolute Gasteiger partial charge is 0.121 e. The third-order valence-electron chi connectivity index (χ3n) is 3.58. The van der Waals surface area contributed by atoms with Crippen molar-refractivity contribution in [2.24, 2.45) is 11.8 Å². The average Bonchev–Trinajstić information content (AvgIpc) is 2.35. The molecule has 0 radical (unpaired) electrons. The highest BCUT2D eigenvalue weighted by atomic mass is 16.5. The third-order valence-corrected chi connectivity index (χ3v) is 3.58. The number of benzene rings is 1. The summed E-state index contributed by atoms with van der Waals surface area (Å²) in [6.45, 7) is 6.51. The molecule has 0 fully saturated rings. The Hall–Kier alpha value is -1.06. The van der Waals surface area contributed by atoms with E-state index in [1.165, 1.54) is 5.56 Å². The van der Waals surface area contributed by atoms with Gasteiger partial charge in [0.05, 0.1) is 7.11 Å². The van der Waals surface area contributed by atoms with E-state index < -0.39 is 0 Å². The van der Waals surface area contributed by atoms with Gasteiger partial charge in [-0.3, -0.25) is 0 Å². The first-order valence-electron chi connectivity index (χ1n) is 6.47. The maximum atomic E-state index is 9.56. The van der Waals surface area contributed by atoms with Crippen LogP contribution in [0.15, 0.2) is 18.2 Å². The molecule has 0 spiro atoms. The topological polar surface area (TPSA) is 41.5 Å². The number of ether oxygens (including phenoxy) is 1. The van der Waals surface area contributed by atoms with Crippen molar-refractivity contribution in [1.82, 2.24) is 5.32 Å². The lowest BCUT2D eigenvalue weighted by atomic mass is 9.84. The van der Waals surface area contributed by atoms with Crippen LogP contribution in [0.3, 0.4) is 0 Å². The quantitative estimate of drug-likeness (QED) is 0.816. The molecule has 102 valence electrons. The van der Waals surface area contributed by atoms with Gasteiger partial charge in [0.25, 0.3) is 0 Å². The Kier molecular flexibility index (Phi) is 5.63. The van der Waals surface area contributed by atoms with Crippen LogP contribution in [-0.4, -0.2) is 25.9 Å². The minimum atomic E-state index is 0.166. The third kappa shape index (κ3) is 3.24. The van der Waals surface area contributed by atoms with E-state index in [2.05, 4.69) is 31.3 Å². The van der Waals surface area contributed by atoms with E-state index in [0.717, 1.165) is 11.3 Å². The zero-order valence-electron chi connectivity index (χ0n) is 12.0. The van der Waals surface area contributed by atoms with Crippen molar-refractivity contribution >= 4 is 0 Å². The summed E-state index contributed by atoms with van der Waals surface area (Å²) in [6, 6.07) is 6.35. The van der Waals surface area contributed by atoms with Crippen LogP contribution in [0.2, 0.25) is 0 Å². The monoisotopic (exact) mass is 251 g/mol. The first kappa shape index (κ1) is 15.0. The Morgan fingerprint density at radius 3 is 2.39 bits per heavy atom. The van der Waals surface area contributed by atoms with Crippen molar-refractivity contribution in [3.05, 3.63) is 29.3 Å². The molecule has 0 saturated carbocycles. The molecule has 0 aliphatic rings. The molecule has 1 aromatic rings. The summed E-state index contributed by atoms with van der Waals surface area (Å²) in [5.41, 5.74) is 2.32. The van der Waals surface area contributed by atoms with Crippen LogP contribution in [0, 0.1) is 18.8 Å². The van der Waals surface area contributed by atoms with Crippen molar-refractivity contribution in [1.29, 1.82) is 0 Å². The Labute approximate surface area is 110 Å². The minimum Gasteiger partial charge on any atom is -0.496 e. The SMILES string of the molecule is CNC(c1ccc(OC)c(C)c1)C(CO)C(C)C. The summed E-state index contributed by atoms with van der Waals surface area (Å²) in [6.07, 6.45) is 0. The van der Waals surface area contributed by atoms with Crippen LogP contribution in [0.25, 0.3) is 0 Å². The Bertz CT molecular complexity index is 377. The molecule has 0 aromatic heterocycles. The normalized spacial score (nSPS) is 14.6. The number of aliphatic hydroxyl groups excluding tert-OH is 1. The molecule has 3 heteroatoms. The molecule has 3 nitrogen and oxygen atoms in total. The molecular weight excluding hydrogens is 226 g/mol. The van der Waals surface area contributed by atoms with Gasteiger partial charge in [0, 0.05) is 18.6 Å². The van der Waals surface area contributed by atoms with Crippen LogP contribution in [0.5, 0.6) is 5.75 Å². The van der Waals surface area contributed by atoms with Gasteiger partial charge in [0.15, 0.2) is 0 Å². The van der Waals surface area contributed by atoms with Crippen LogP contribution in [0.4, 0.5) is 0 Å². The van der Waals surface area contributed by atoms with E-state index in [0.29, 0.717) is 5.92 Å². The van der Waals surface area contributed by atoms with Crippen molar-refractivity contribution in [3.8, 4) is 5.75 Å². The molecule has 0 amide bonds. The van der Waals surface area contributed by atoms with Crippen molar-refractivity contribution in [2.75, 3.05) is 20.8 Å². The molecule has 2 unspecified atom stereocenters. The standard InChI is InChI=1S/C15H25NO2/c1-10(2)13(9-17)15(16-4)12-6-7-14(18-5)11(3)8-12/h6-8,10,13,15-17H,9H2,1-5H3. The molecule has 0 aliphatic heterocycles. The maximum Gasteiger partial charge on any atom is 0.121 e. The molecule has 18 heavy (non-hydrogen) atoms. The van der Waals surface area contributed by atoms with Gasteiger partial charge in [0.2, 0.25) is 0 Å². The lowest BCUT2D eigenvalue weighted by Crippen LogP contribution is -2.31. The van der Waals surface area contributed by atoms with E-state index in [-0.39, 0.29) is 18.6 Å². The van der Waals surface area contributed by atoms with Gasteiger partial charge < -0.3 is 15.2 Å². The summed E-state index contributed by atoms with van der Waals surface area (Å²) in [5.74, 6) is 1.54. The summed E-state index contributed by atoms with van der Waals surface area (Å²) in [7, 11) is 3.62. The second-order valence-electron chi connectivity index (χ2n) is 5.09. The van der Waals surface area contributed by atoms with Crippen molar-refractivity contribution in [2.45, 2.75) is 26.8 Å². The molecule has 0 saturated heterocycles. The Morgan fingerprint density at radius 1 is 1.33 bits per heavy atom. The molecule has 1 rings (SSSR count). The molecule has 0 aliphatic carbocycles. The predicted octanol–water partition coefficient (Wildman–Crippen LogP) is 2.53. The van der Waals surface area contributed by atoms with Gasteiger partial charge in [-0.25, -0.2) is 0 Å². The van der Waals surface area contributed by atoms with Crippen molar-refractivity contribution < 1.29 is 9.84 Å². The van der Waals surface area contributed by atoms with E-state index in [1.807, 2.05) is 20.0 Å². The Balaban J connectivity index is 3.05. The number of aliphatic hydroxyl groups is 1. The molecule has 2 N–H and O–H groups in total. The van der Waals surface area contributed by atoms with Gasteiger partial charge in [-0.1, -0.05) is 26.0 Å². The highest BCUT2D eigenvalue weighted by Crippen LogP contribution is 2.30. The van der Waals surface area contributed by atoms with Gasteiger partial charge in [0.1, 0.15) is 5.75 Å². The lowest BCUT2D eigenvalue weighted by Gasteiger charge is -2.29. The summed E-state index contributed by atoms with van der Waals surface area (Å²) in [5, 5.41) is 12.9. The lowest BCUT2D eigenvalue weighted by molar-refractivity contribution is 0.154. The summed E-state index contributed by atoms with van der Waals surface area (Å²) >= 11 is 0. The van der Waals surface area contributed by atoms with Crippen LogP contribution < -0.4 is 10.1 Å². The zero-order valence-corrected chi connectivity index (χ0v) is 12.0. The van der Waals surface area contributed by atoms with E-state index >= 15 is 0 Å². The molecule has 2 atom stereocenters. The van der Waals surface area contributed by atoms with Gasteiger partial charge in [-0.15, -0.1) is 0 Å². The van der Waals surface area contributed by atoms with E-state index in [9.17, 15) is 5.11 Å². The van der Waals surface area contributed by atoms with E-state index in [4.69, 9.17) is 4.74 Å². The largest absolute Gasteiger partial charge is 0.496 e. The molecule has 1 aromatic carbocycles. The fourth-order valence-corrected chi connectivity index (χ4v) is 2.42. The minimum absolute atomic E-state index is 0.166. The van der Waals surface area contributed by atoms with E-state index in [1.54, 1.807) is 7.11 Å². The number of rotatable bonds is 6. The highest BCUT2D eigenvalue weighted by molar-refractivity contribution is 5.37. The van der Waals surface area contributed by atoms with Crippen molar-refractivity contribution in [3.63, 3.8) is 0 Å². The van der Waals surface area contributed by atoms with Crippen LogP contribution in [-0.2, 0) is 0 Å². The number of methoxy groups -OCH3 is 1. The van der Waals surface area contributed by atoms with Crippen LogP contribution in [0.1, 0.15) is 31.0 Å². The van der Waals surface area contributed by atoms with Gasteiger partial charge >= 0.3 is 0 Å². The van der Waals surface area contributed by atoms with Gasteiger partial charge in [-0.2, -0.15) is 0 Å². The Morgan fingerprint density at radius 2 is 2.00 bits per heavy atom. The molecule has 0 heterocycles. The first-order chi connectivity index (χ1) is 8.54. The second kappa shape index (κ2) is 6.76. The maximum absolute atomic E-state index is 9.56. The fourth-order valence-electron chi connectivity index (χ4n) is 2.42. The summed E-state index contributed by atoms with van der Waals surface area (Å²) < 4.78 is 5.28. The first-order valence-corrected chi connectivity index (χ1v) is 6.47. The average molecular weight is 251 g/mol. The number of aryl methyl sites for hydroxylation is 1. The fraction of sp³-hybridized carbons (Fsp3) is 0.600. The molecule has 0 bridgehead atoms. The number of hydrogen-bond acceptors (Lipinski definition) is 3. The van der Waals surface area contributed by atoms with Gasteiger partial charge in [-0.05, 0) is 37.1 Å². The summed E-state index contributed by atoms with van der Waals surface area (Å²) in [4.78, 5) is 0. The molecular formula is C15H25NO2. The van der Waals surface area contributed by atoms with Crippen LogP contribution >= 0.6 is 0 Å².